The number of esters is 2. The largest absolute Gasteiger partial charge is 0.497 e. The number of rotatable bonds is 6. The third kappa shape index (κ3) is 4.17. The van der Waals surface area contributed by atoms with Crippen LogP contribution in [0, 0.1) is 0 Å². The quantitative estimate of drug-likeness (QED) is 0.727. The van der Waals surface area contributed by atoms with Crippen LogP contribution in [0.4, 0.5) is 0 Å². The van der Waals surface area contributed by atoms with Crippen LogP contribution < -0.4 is 9.47 Å². The summed E-state index contributed by atoms with van der Waals surface area (Å²) in [7, 11) is 2.74. The number of carbonyl (C=O) groups excluding carboxylic acids is 2. The number of benzene rings is 1. The van der Waals surface area contributed by atoms with Crippen molar-refractivity contribution in [2.45, 2.75) is 6.92 Å². The first-order chi connectivity index (χ1) is 9.12. The smallest absolute Gasteiger partial charge is 0.344 e. The average Bonchev–Trinajstić information content (AvgIpc) is 2.44. The van der Waals surface area contributed by atoms with Gasteiger partial charge in [-0.05, 0) is 25.1 Å². The third-order valence-corrected chi connectivity index (χ3v) is 2.24. The second kappa shape index (κ2) is 7.25. The van der Waals surface area contributed by atoms with E-state index in [1.54, 1.807) is 13.0 Å². The van der Waals surface area contributed by atoms with Crippen molar-refractivity contribution in [3.8, 4) is 11.5 Å². The second-order valence-electron chi connectivity index (χ2n) is 3.45. The molecule has 0 fully saturated rings. The molecule has 104 valence electrons. The molecule has 6 nitrogen and oxygen atoms in total. The van der Waals surface area contributed by atoms with Gasteiger partial charge < -0.3 is 18.9 Å². The van der Waals surface area contributed by atoms with Gasteiger partial charge in [-0.25, -0.2) is 9.59 Å². The first kappa shape index (κ1) is 14.8. The molecule has 0 N–H and O–H groups in total. The van der Waals surface area contributed by atoms with Crippen molar-refractivity contribution in [3.63, 3.8) is 0 Å². The average molecular weight is 268 g/mol. The van der Waals surface area contributed by atoms with Gasteiger partial charge in [0.05, 0.1) is 20.8 Å². The normalized spacial score (nSPS) is 9.63. The summed E-state index contributed by atoms with van der Waals surface area (Å²) in [5, 5.41) is 0. The molecule has 0 aromatic heterocycles. The Morgan fingerprint density at radius 1 is 1.21 bits per heavy atom. The molecule has 0 atom stereocenters. The van der Waals surface area contributed by atoms with Crippen LogP contribution in [0.1, 0.15) is 17.3 Å². The molecule has 1 rings (SSSR count). The van der Waals surface area contributed by atoms with Crippen molar-refractivity contribution in [1.29, 1.82) is 0 Å². The van der Waals surface area contributed by atoms with Crippen molar-refractivity contribution < 1.29 is 28.5 Å². The summed E-state index contributed by atoms with van der Waals surface area (Å²) in [5.74, 6) is -0.350. The number of hydrogen-bond donors (Lipinski definition) is 0. The molecule has 0 radical (unpaired) electrons. The van der Waals surface area contributed by atoms with Crippen LogP contribution in [0.3, 0.4) is 0 Å². The zero-order chi connectivity index (χ0) is 14.3. The van der Waals surface area contributed by atoms with Crippen molar-refractivity contribution in [2.75, 3.05) is 27.4 Å². The predicted octanol–water partition coefficient (Wildman–Crippen LogP) is 1.42. The Morgan fingerprint density at radius 2 is 1.95 bits per heavy atom. The van der Waals surface area contributed by atoms with E-state index in [0.717, 1.165) is 0 Å². The number of carbonyl (C=O) groups is 2. The summed E-state index contributed by atoms with van der Waals surface area (Å²) >= 11 is 0. The fourth-order valence-corrected chi connectivity index (χ4v) is 1.37. The molecule has 0 amide bonds. The molecular weight excluding hydrogens is 252 g/mol. The Hall–Kier alpha value is -2.24. The number of ether oxygens (including phenoxy) is 4. The van der Waals surface area contributed by atoms with Gasteiger partial charge in [0.15, 0.2) is 6.61 Å². The summed E-state index contributed by atoms with van der Waals surface area (Å²) in [6.45, 7) is 1.70. The van der Waals surface area contributed by atoms with Gasteiger partial charge in [0, 0.05) is 0 Å². The van der Waals surface area contributed by atoms with E-state index in [4.69, 9.17) is 14.2 Å². The number of methoxy groups -OCH3 is 2. The first-order valence-corrected chi connectivity index (χ1v) is 5.67. The Morgan fingerprint density at radius 3 is 2.53 bits per heavy atom. The molecule has 0 unspecified atom stereocenters. The number of hydrogen-bond acceptors (Lipinski definition) is 6. The van der Waals surface area contributed by atoms with Gasteiger partial charge in [-0.2, -0.15) is 0 Å². The van der Waals surface area contributed by atoms with Crippen LogP contribution >= 0.6 is 0 Å². The molecule has 0 aliphatic rings. The zero-order valence-corrected chi connectivity index (χ0v) is 11.1. The monoisotopic (exact) mass is 268 g/mol. The van der Waals surface area contributed by atoms with E-state index < -0.39 is 11.9 Å². The molecule has 0 bridgehead atoms. The maximum absolute atomic E-state index is 11.6. The van der Waals surface area contributed by atoms with E-state index in [2.05, 4.69) is 4.74 Å². The van der Waals surface area contributed by atoms with Gasteiger partial charge in [-0.3, -0.25) is 0 Å². The topological polar surface area (TPSA) is 71.1 Å². The van der Waals surface area contributed by atoms with Gasteiger partial charge in [-0.15, -0.1) is 0 Å². The molecule has 0 spiro atoms. The fourth-order valence-electron chi connectivity index (χ4n) is 1.37. The van der Waals surface area contributed by atoms with E-state index in [1.165, 1.54) is 26.4 Å². The minimum atomic E-state index is -0.572. The SMILES string of the molecule is CCOC(=O)COc1ccc(OC)cc1C(=O)OC. The van der Waals surface area contributed by atoms with Crippen LogP contribution in [-0.2, 0) is 14.3 Å². The van der Waals surface area contributed by atoms with E-state index >= 15 is 0 Å². The molecule has 0 saturated heterocycles. The molecule has 1 aromatic carbocycles. The van der Waals surface area contributed by atoms with E-state index in [0.29, 0.717) is 5.75 Å². The highest BCUT2D eigenvalue weighted by Gasteiger charge is 2.15. The minimum Gasteiger partial charge on any atom is -0.497 e. The Bertz CT molecular complexity index is 454. The van der Waals surface area contributed by atoms with Crippen LogP contribution in [0.2, 0.25) is 0 Å². The summed E-state index contributed by atoms with van der Waals surface area (Å²) in [6, 6.07) is 4.63. The summed E-state index contributed by atoms with van der Waals surface area (Å²) in [6.07, 6.45) is 0. The lowest BCUT2D eigenvalue weighted by Crippen LogP contribution is -2.16. The summed E-state index contributed by atoms with van der Waals surface area (Å²) < 4.78 is 19.6. The summed E-state index contributed by atoms with van der Waals surface area (Å²) in [5.41, 5.74) is 0.186. The van der Waals surface area contributed by atoms with Crippen LogP contribution in [-0.4, -0.2) is 39.4 Å². The van der Waals surface area contributed by atoms with E-state index in [-0.39, 0.29) is 24.5 Å². The molecule has 1 aromatic rings. The first-order valence-electron chi connectivity index (χ1n) is 5.67. The fraction of sp³-hybridized carbons (Fsp3) is 0.385. The summed E-state index contributed by atoms with van der Waals surface area (Å²) in [4.78, 5) is 22.8. The van der Waals surface area contributed by atoms with E-state index in [9.17, 15) is 9.59 Å². The highest BCUT2D eigenvalue weighted by atomic mass is 16.6. The lowest BCUT2D eigenvalue weighted by molar-refractivity contribution is -0.145. The van der Waals surface area contributed by atoms with Gasteiger partial charge in [0.2, 0.25) is 0 Å². The highest BCUT2D eigenvalue weighted by Crippen LogP contribution is 2.24. The molecule has 19 heavy (non-hydrogen) atoms. The molecule has 6 heteroatoms. The van der Waals surface area contributed by atoms with Gasteiger partial charge >= 0.3 is 11.9 Å². The van der Waals surface area contributed by atoms with Crippen molar-refractivity contribution in [2.24, 2.45) is 0 Å². The third-order valence-electron chi connectivity index (χ3n) is 2.24. The van der Waals surface area contributed by atoms with Gasteiger partial charge in [-0.1, -0.05) is 0 Å². The molecule has 0 saturated carbocycles. The van der Waals surface area contributed by atoms with E-state index in [1.807, 2.05) is 0 Å². The maximum Gasteiger partial charge on any atom is 0.344 e. The zero-order valence-electron chi connectivity index (χ0n) is 11.1. The standard InChI is InChI=1S/C13H16O6/c1-4-18-12(14)8-19-11-6-5-9(16-2)7-10(11)13(15)17-3/h5-7H,4,8H2,1-3H3. The predicted molar refractivity (Wildman–Crippen MR) is 66.5 cm³/mol. The molecule has 0 heterocycles. The maximum atomic E-state index is 11.6. The lowest BCUT2D eigenvalue weighted by Gasteiger charge is -2.11. The van der Waals surface area contributed by atoms with Crippen molar-refractivity contribution in [1.82, 2.24) is 0 Å². The lowest BCUT2D eigenvalue weighted by atomic mass is 10.2. The van der Waals surface area contributed by atoms with Gasteiger partial charge in [0.1, 0.15) is 17.1 Å². The van der Waals surface area contributed by atoms with Gasteiger partial charge in [0.25, 0.3) is 0 Å². The van der Waals surface area contributed by atoms with Crippen LogP contribution in [0.5, 0.6) is 11.5 Å². The molecule has 0 aliphatic carbocycles. The highest BCUT2D eigenvalue weighted by molar-refractivity contribution is 5.93. The Labute approximate surface area is 111 Å². The van der Waals surface area contributed by atoms with Crippen LogP contribution in [0.25, 0.3) is 0 Å². The molecule has 0 aliphatic heterocycles. The van der Waals surface area contributed by atoms with Crippen molar-refractivity contribution >= 4 is 11.9 Å². The van der Waals surface area contributed by atoms with Crippen molar-refractivity contribution in [3.05, 3.63) is 23.8 Å². The minimum absolute atomic E-state index is 0.186. The molecular formula is C13H16O6. The Kier molecular flexibility index (Phi) is 5.66. The van der Waals surface area contributed by atoms with Crippen LogP contribution in [0.15, 0.2) is 18.2 Å². The second-order valence-corrected chi connectivity index (χ2v) is 3.45. The Balaban J connectivity index is 2.87.